The Labute approximate surface area is 330 Å². The third kappa shape index (κ3) is 10.9. The van der Waals surface area contributed by atoms with Crippen molar-refractivity contribution in [1.82, 2.24) is 19.8 Å². The summed E-state index contributed by atoms with van der Waals surface area (Å²) in [6.07, 6.45) is 1.58. The van der Waals surface area contributed by atoms with E-state index in [1.54, 1.807) is 12.1 Å². The summed E-state index contributed by atoms with van der Waals surface area (Å²) in [4.78, 5) is 39.7. The zero-order chi connectivity index (χ0) is 39.1. The SMILES string of the molecule is CC1c2ccccc2N(C(C)C(c2cccc(C=O)n2)N2CCOCCOCCN(Cc3cccc(C=O)n3)CCOCCOCC2)Cc2ccccc2C1N. The number of carbonyl (C=O) groups is 2. The number of aromatic nitrogens is 2. The van der Waals surface area contributed by atoms with E-state index in [1.807, 2.05) is 24.3 Å². The molecule has 6 rings (SSSR count). The molecule has 4 heterocycles. The molecule has 298 valence electrons. The largest absolute Gasteiger partial charge is 0.378 e. The van der Waals surface area contributed by atoms with Crippen molar-refractivity contribution < 1.29 is 28.5 Å². The summed E-state index contributed by atoms with van der Waals surface area (Å²) in [5, 5.41) is 0. The summed E-state index contributed by atoms with van der Waals surface area (Å²) in [7, 11) is 0. The number of fused-ring (bicyclic) bond motifs is 2. The molecule has 4 atom stereocenters. The molecule has 0 bridgehead atoms. The minimum Gasteiger partial charge on any atom is -0.378 e. The third-order valence-corrected chi connectivity index (χ3v) is 10.8. The fraction of sp³-hybridized carbons (Fsp3) is 0.455. The maximum atomic E-state index is 12.0. The molecule has 2 aromatic heterocycles. The molecule has 0 radical (unpaired) electrons. The van der Waals surface area contributed by atoms with Gasteiger partial charge in [-0.3, -0.25) is 19.4 Å². The Morgan fingerprint density at radius 1 is 0.696 bits per heavy atom. The predicted octanol–water partition coefficient (Wildman–Crippen LogP) is 5.24. The van der Waals surface area contributed by atoms with Crippen LogP contribution in [0.5, 0.6) is 0 Å². The normalized spacial score (nSPS) is 21.2. The second kappa shape index (κ2) is 21.2. The van der Waals surface area contributed by atoms with Crippen LogP contribution < -0.4 is 10.6 Å². The van der Waals surface area contributed by atoms with E-state index in [9.17, 15) is 9.59 Å². The van der Waals surface area contributed by atoms with Crippen LogP contribution in [0.25, 0.3) is 0 Å². The summed E-state index contributed by atoms with van der Waals surface area (Å²) in [5.74, 6) is 0.0839. The second-order valence-corrected chi connectivity index (χ2v) is 14.4. The van der Waals surface area contributed by atoms with Gasteiger partial charge in [0, 0.05) is 63.0 Å². The van der Waals surface area contributed by atoms with Gasteiger partial charge >= 0.3 is 0 Å². The number of hydrogen-bond acceptors (Lipinski definition) is 12. The summed E-state index contributed by atoms with van der Waals surface area (Å²) >= 11 is 0. The zero-order valence-corrected chi connectivity index (χ0v) is 32.7. The first-order chi connectivity index (χ1) is 27.5. The van der Waals surface area contributed by atoms with E-state index in [4.69, 9.17) is 29.7 Å². The molecule has 0 aliphatic carbocycles. The predicted molar refractivity (Wildman–Crippen MR) is 216 cm³/mol. The fourth-order valence-electron chi connectivity index (χ4n) is 7.78. The van der Waals surface area contributed by atoms with Crippen molar-refractivity contribution in [2.24, 2.45) is 5.73 Å². The van der Waals surface area contributed by atoms with Gasteiger partial charge in [0.05, 0.1) is 70.3 Å². The molecule has 2 N–H and O–H groups in total. The van der Waals surface area contributed by atoms with Gasteiger partial charge in [0.25, 0.3) is 0 Å². The molecule has 0 saturated carbocycles. The summed E-state index contributed by atoms with van der Waals surface area (Å²) < 4.78 is 24.4. The number of nitrogens with two attached hydrogens (primary N) is 1. The number of hydrogen-bond donors (Lipinski definition) is 1. The Balaban J connectivity index is 1.21. The molecule has 2 aliphatic heterocycles. The lowest BCUT2D eigenvalue weighted by atomic mass is 9.83. The molecular formula is C44H56N6O6. The van der Waals surface area contributed by atoms with E-state index < -0.39 is 0 Å². The van der Waals surface area contributed by atoms with E-state index in [0.717, 1.165) is 35.2 Å². The smallest absolute Gasteiger partial charge is 0.168 e. The van der Waals surface area contributed by atoms with Crippen LogP contribution in [-0.2, 0) is 32.0 Å². The molecule has 4 aromatic rings. The second-order valence-electron chi connectivity index (χ2n) is 14.4. The van der Waals surface area contributed by atoms with Crippen molar-refractivity contribution in [2.75, 3.05) is 83.9 Å². The number of para-hydroxylation sites is 1. The van der Waals surface area contributed by atoms with Crippen LogP contribution in [0.4, 0.5) is 5.69 Å². The number of rotatable bonds is 8. The minimum atomic E-state index is -0.225. The lowest BCUT2D eigenvalue weighted by Crippen LogP contribution is -2.48. The van der Waals surface area contributed by atoms with Gasteiger partial charge < -0.3 is 29.6 Å². The Morgan fingerprint density at radius 3 is 1.93 bits per heavy atom. The minimum absolute atomic E-state index is 0.0839. The van der Waals surface area contributed by atoms with E-state index in [-0.39, 0.29) is 24.0 Å². The van der Waals surface area contributed by atoms with Gasteiger partial charge in [-0.05, 0) is 53.9 Å². The summed E-state index contributed by atoms with van der Waals surface area (Å²) in [6.45, 7) is 12.1. The van der Waals surface area contributed by atoms with Crippen LogP contribution >= 0.6 is 0 Å². The monoisotopic (exact) mass is 764 g/mol. The Morgan fingerprint density at radius 2 is 1.27 bits per heavy atom. The number of benzene rings is 2. The topological polar surface area (TPSA) is 133 Å². The average molecular weight is 765 g/mol. The number of ether oxygens (including phenoxy) is 4. The molecule has 56 heavy (non-hydrogen) atoms. The van der Waals surface area contributed by atoms with Gasteiger partial charge in [0.1, 0.15) is 11.4 Å². The first-order valence-corrected chi connectivity index (χ1v) is 19.8. The molecule has 12 heteroatoms. The molecule has 4 unspecified atom stereocenters. The fourth-order valence-corrected chi connectivity index (χ4v) is 7.78. The maximum absolute atomic E-state index is 12.0. The van der Waals surface area contributed by atoms with Gasteiger partial charge in [-0.15, -0.1) is 0 Å². The molecule has 2 aromatic carbocycles. The Bertz CT molecular complexity index is 1830. The van der Waals surface area contributed by atoms with Crippen LogP contribution in [-0.4, -0.2) is 117 Å². The molecule has 0 spiro atoms. The Hall–Kier alpha value is -4.40. The van der Waals surface area contributed by atoms with Gasteiger partial charge in [-0.25, -0.2) is 9.97 Å². The van der Waals surface area contributed by atoms with Crippen LogP contribution in [0.3, 0.4) is 0 Å². The molecule has 0 amide bonds. The molecular weight excluding hydrogens is 709 g/mol. The highest BCUT2D eigenvalue weighted by molar-refractivity contribution is 5.72. The number of aldehydes is 2. The first kappa shape index (κ1) is 41.2. The zero-order valence-electron chi connectivity index (χ0n) is 32.7. The van der Waals surface area contributed by atoms with E-state index in [0.29, 0.717) is 104 Å². The summed E-state index contributed by atoms with van der Waals surface area (Å²) in [5.41, 5.74) is 14.1. The molecule has 12 nitrogen and oxygen atoms in total. The number of carbonyl (C=O) groups excluding carboxylic acids is 2. The van der Waals surface area contributed by atoms with E-state index in [1.165, 1.54) is 11.1 Å². The van der Waals surface area contributed by atoms with Crippen molar-refractivity contribution >= 4 is 18.3 Å². The molecule has 1 fully saturated rings. The van der Waals surface area contributed by atoms with Crippen LogP contribution in [0, 0.1) is 0 Å². The van der Waals surface area contributed by atoms with Crippen molar-refractivity contribution in [3.8, 4) is 0 Å². The van der Waals surface area contributed by atoms with Gasteiger partial charge in [0.2, 0.25) is 0 Å². The highest BCUT2D eigenvalue weighted by Crippen LogP contribution is 2.42. The van der Waals surface area contributed by atoms with E-state index in [2.05, 4.69) is 82.1 Å². The Kier molecular flexibility index (Phi) is 15.6. The van der Waals surface area contributed by atoms with Crippen molar-refractivity contribution in [1.29, 1.82) is 0 Å². The van der Waals surface area contributed by atoms with Crippen LogP contribution in [0.2, 0.25) is 0 Å². The van der Waals surface area contributed by atoms with Crippen molar-refractivity contribution in [3.05, 3.63) is 124 Å². The maximum Gasteiger partial charge on any atom is 0.168 e. The van der Waals surface area contributed by atoms with Crippen molar-refractivity contribution in [2.45, 2.75) is 51.0 Å². The van der Waals surface area contributed by atoms with Crippen LogP contribution in [0.15, 0.2) is 84.9 Å². The quantitative estimate of drug-likeness (QED) is 0.236. The number of pyridine rings is 2. The standard InChI is InChI=1S/C44H56N6O6/c1-33-39-13-5-6-16-42(39)50(29-35-9-3-4-14-40(35)43(33)45)34(2)44(41-15-8-12-38(32-52)47-41)49-19-23-55-27-25-53-21-17-48(18-22-54-26-28-56-24-20-49)30-36-10-7-11-37(31-51)46-36/h3-16,31-34,43-44H,17-30,45H2,1-2H3. The lowest BCUT2D eigenvalue weighted by molar-refractivity contribution is -0.000647. The lowest BCUT2D eigenvalue weighted by Gasteiger charge is -2.44. The average Bonchev–Trinajstić information content (AvgIpc) is 3.23. The third-order valence-electron chi connectivity index (χ3n) is 10.8. The number of nitrogens with zero attached hydrogens (tertiary/aromatic N) is 5. The number of anilines is 1. The van der Waals surface area contributed by atoms with Crippen LogP contribution in [0.1, 0.15) is 80.9 Å². The highest BCUT2D eigenvalue weighted by Gasteiger charge is 2.35. The van der Waals surface area contributed by atoms with E-state index >= 15 is 0 Å². The van der Waals surface area contributed by atoms with Gasteiger partial charge in [-0.2, -0.15) is 0 Å². The van der Waals surface area contributed by atoms with Gasteiger partial charge in [-0.1, -0.05) is 61.5 Å². The van der Waals surface area contributed by atoms with Gasteiger partial charge in [0.15, 0.2) is 12.6 Å². The molecule has 1 saturated heterocycles. The summed E-state index contributed by atoms with van der Waals surface area (Å²) in [6, 6.07) is 27.8. The molecule has 2 aliphatic rings. The van der Waals surface area contributed by atoms with Crippen molar-refractivity contribution in [3.63, 3.8) is 0 Å². The first-order valence-electron chi connectivity index (χ1n) is 19.8. The highest BCUT2D eigenvalue weighted by atomic mass is 16.5.